The number of ether oxygens (including phenoxy) is 2. The summed E-state index contributed by atoms with van der Waals surface area (Å²) in [5, 5.41) is 0. The fourth-order valence-corrected chi connectivity index (χ4v) is 1.96. The maximum atomic E-state index is 12.1. The molecule has 5 nitrogen and oxygen atoms in total. The number of rotatable bonds is 4. The summed E-state index contributed by atoms with van der Waals surface area (Å²) in [4.78, 5) is 28.2. The van der Waals surface area contributed by atoms with Gasteiger partial charge in [0.25, 0.3) is 0 Å². The molecule has 0 bridgehead atoms. The molecule has 24 heavy (non-hydrogen) atoms. The molecule has 1 heterocycles. The molecule has 2 aromatic carbocycles. The Hall–Kier alpha value is -3.47. The van der Waals surface area contributed by atoms with E-state index in [4.69, 9.17) is 9.47 Å². The second-order valence-corrected chi connectivity index (χ2v) is 4.81. The first-order valence-corrected chi connectivity index (χ1v) is 7.24. The summed E-state index contributed by atoms with van der Waals surface area (Å²) in [7, 11) is 0. The van der Waals surface area contributed by atoms with Gasteiger partial charge in [-0.15, -0.1) is 0 Å². The fraction of sp³-hybridized carbons (Fsp3) is 0. The molecule has 0 saturated heterocycles. The topological polar surface area (TPSA) is 65.5 Å². The van der Waals surface area contributed by atoms with Crippen LogP contribution in [-0.4, -0.2) is 16.9 Å². The minimum atomic E-state index is -0.643. The molecule has 0 radical (unpaired) electrons. The predicted molar refractivity (Wildman–Crippen MR) is 87.0 cm³/mol. The Morgan fingerprint density at radius 2 is 1.00 bits per heavy atom. The molecular weight excluding hydrogens is 306 g/mol. The summed E-state index contributed by atoms with van der Waals surface area (Å²) < 4.78 is 10.4. The number of para-hydroxylation sites is 2. The van der Waals surface area contributed by atoms with Crippen LogP contribution < -0.4 is 9.47 Å². The molecule has 0 unspecified atom stereocenters. The zero-order valence-electron chi connectivity index (χ0n) is 12.6. The Morgan fingerprint density at radius 1 is 0.583 bits per heavy atom. The van der Waals surface area contributed by atoms with Gasteiger partial charge in [0, 0.05) is 0 Å². The number of esters is 2. The maximum absolute atomic E-state index is 12.1. The van der Waals surface area contributed by atoms with Crippen LogP contribution in [0.25, 0.3) is 0 Å². The number of carbonyl (C=O) groups is 2. The Bertz CT molecular complexity index is 779. The van der Waals surface area contributed by atoms with Crippen molar-refractivity contribution in [2.45, 2.75) is 0 Å². The van der Waals surface area contributed by atoms with E-state index in [1.807, 2.05) is 12.1 Å². The van der Waals surface area contributed by atoms with E-state index < -0.39 is 11.9 Å². The molecule has 0 fully saturated rings. The first kappa shape index (κ1) is 15.4. The summed E-state index contributed by atoms with van der Waals surface area (Å²) in [5.74, 6) is -0.478. The smallest absolute Gasteiger partial charge is 0.362 e. The summed E-state index contributed by atoms with van der Waals surface area (Å²) >= 11 is 0. The van der Waals surface area contributed by atoms with Crippen LogP contribution in [0.3, 0.4) is 0 Å². The first-order chi connectivity index (χ1) is 11.7. The standard InChI is InChI=1S/C19H13NO4/c21-18(23-14-8-3-1-4-9-14)16-12-7-13-17(20-16)19(22)24-15-10-5-2-6-11-15/h1-13H. The summed E-state index contributed by atoms with van der Waals surface area (Å²) in [5.41, 5.74) is 0.0581. The van der Waals surface area contributed by atoms with Gasteiger partial charge in [-0.1, -0.05) is 42.5 Å². The van der Waals surface area contributed by atoms with Gasteiger partial charge in [0.1, 0.15) is 22.9 Å². The van der Waals surface area contributed by atoms with Gasteiger partial charge >= 0.3 is 11.9 Å². The molecule has 0 amide bonds. The lowest BCUT2D eigenvalue weighted by Crippen LogP contribution is -2.15. The van der Waals surface area contributed by atoms with Gasteiger partial charge < -0.3 is 9.47 Å². The maximum Gasteiger partial charge on any atom is 0.362 e. The number of benzene rings is 2. The number of aromatic nitrogens is 1. The SMILES string of the molecule is O=C(Oc1ccccc1)c1cccc(C(=O)Oc2ccccc2)n1. The number of nitrogens with zero attached hydrogens (tertiary/aromatic N) is 1. The third-order valence-corrected chi connectivity index (χ3v) is 3.07. The van der Waals surface area contributed by atoms with Crippen molar-refractivity contribution in [2.24, 2.45) is 0 Å². The van der Waals surface area contributed by atoms with E-state index in [9.17, 15) is 9.59 Å². The van der Waals surface area contributed by atoms with Gasteiger partial charge in [-0.25, -0.2) is 14.6 Å². The molecule has 0 atom stereocenters. The number of hydrogen-bond donors (Lipinski definition) is 0. The highest BCUT2D eigenvalue weighted by Gasteiger charge is 2.15. The van der Waals surface area contributed by atoms with Crippen molar-refractivity contribution in [1.82, 2.24) is 4.98 Å². The highest BCUT2D eigenvalue weighted by Crippen LogP contribution is 2.13. The Balaban J connectivity index is 1.74. The van der Waals surface area contributed by atoms with E-state index in [0.717, 1.165) is 0 Å². The molecule has 0 aliphatic heterocycles. The average Bonchev–Trinajstić information content (AvgIpc) is 2.63. The van der Waals surface area contributed by atoms with Gasteiger partial charge in [-0.05, 0) is 36.4 Å². The number of hydrogen-bond acceptors (Lipinski definition) is 5. The fourth-order valence-electron chi connectivity index (χ4n) is 1.96. The summed E-state index contributed by atoms with van der Waals surface area (Å²) in [6.45, 7) is 0. The van der Waals surface area contributed by atoms with Crippen molar-refractivity contribution >= 4 is 11.9 Å². The molecule has 5 heteroatoms. The Morgan fingerprint density at radius 3 is 1.42 bits per heavy atom. The highest BCUT2D eigenvalue weighted by atomic mass is 16.5. The van der Waals surface area contributed by atoms with Crippen LogP contribution in [0.15, 0.2) is 78.9 Å². The van der Waals surface area contributed by atoms with E-state index in [2.05, 4.69) is 4.98 Å². The van der Waals surface area contributed by atoms with Gasteiger partial charge in [0.05, 0.1) is 0 Å². The van der Waals surface area contributed by atoms with Crippen LogP contribution in [0.1, 0.15) is 21.0 Å². The van der Waals surface area contributed by atoms with E-state index in [-0.39, 0.29) is 11.4 Å². The normalized spacial score (nSPS) is 10.0. The molecule has 0 N–H and O–H groups in total. The minimum absolute atomic E-state index is 0.0290. The number of carbonyl (C=O) groups excluding carboxylic acids is 2. The van der Waals surface area contributed by atoms with Gasteiger partial charge in [-0.3, -0.25) is 0 Å². The molecule has 1 aromatic heterocycles. The van der Waals surface area contributed by atoms with Crippen LogP contribution in [0.4, 0.5) is 0 Å². The zero-order valence-corrected chi connectivity index (χ0v) is 12.6. The van der Waals surface area contributed by atoms with Crippen molar-refractivity contribution in [1.29, 1.82) is 0 Å². The lowest BCUT2D eigenvalue weighted by molar-refractivity contribution is 0.0722. The molecular formula is C19H13NO4. The first-order valence-electron chi connectivity index (χ1n) is 7.24. The van der Waals surface area contributed by atoms with Crippen LogP contribution in [0, 0.1) is 0 Å². The van der Waals surface area contributed by atoms with Gasteiger partial charge in [0.15, 0.2) is 0 Å². The lowest BCUT2D eigenvalue weighted by atomic mass is 10.3. The minimum Gasteiger partial charge on any atom is -0.422 e. The van der Waals surface area contributed by atoms with Crippen LogP contribution in [0.2, 0.25) is 0 Å². The Kier molecular flexibility index (Phi) is 4.62. The van der Waals surface area contributed by atoms with Crippen LogP contribution in [0.5, 0.6) is 11.5 Å². The van der Waals surface area contributed by atoms with Crippen molar-refractivity contribution in [3.63, 3.8) is 0 Å². The third-order valence-electron chi connectivity index (χ3n) is 3.07. The largest absolute Gasteiger partial charge is 0.422 e. The van der Waals surface area contributed by atoms with Crippen LogP contribution in [-0.2, 0) is 0 Å². The second kappa shape index (κ2) is 7.19. The quantitative estimate of drug-likeness (QED) is 0.544. The lowest BCUT2D eigenvalue weighted by Gasteiger charge is -2.06. The van der Waals surface area contributed by atoms with Gasteiger partial charge in [0.2, 0.25) is 0 Å². The molecule has 118 valence electrons. The molecule has 3 rings (SSSR count). The van der Waals surface area contributed by atoms with Crippen molar-refractivity contribution in [3.05, 3.63) is 90.3 Å². The molecule has 0 spiro atoms. The predicted octanol–water partition coefficient (Wildman–Crippen LogP) is 3.52. The third kappa shape index (κ3) is 3.84. The van der Waals surface area contributed by atoms with E-state index in [1.54, 1.807) is 54.6 Å². The average molecular weight is 319 g/mol. The molecule has 3 aromatic rings. The second-order valence-electron chi connectivity index (χ2n) is 4.81. The molecule has 0 saturated carbocycles. The highest BCUT2D eigenvalue weighted by molar-refractivity contribution is 5.93. The monoisotopic (exact) mass is 319 g/mol. The Labute approximate surface area is 138 Å². The van der Waals surface area contributed by atoms with E-state index >= 15 is 0 Å². The zero-order chi connectivity index (χ0) is 16.8. The summed E-state index contributed by atoms with van der Waals surface area (Å²) in [6.07, 6.45) is 0. The van der Waals surface area contributed by atoms with E-state index in [0.29, 0.717) is 11.5 Å². The van der Waals surface area contributed by atoms with Crippen molar-refractivity contribution < 1.29 is 19.1 Å². The number of pyridine rings is 1. The van der Waals surface area contributed by atoms with Crippen LogP contribution >= 0.6 is 0 Å². The molecule has 0 aliphatic carbocycles. The van der Waals surface area contributed by atoms with E-state index in [1.165, 1.54) is 12.1 Å². The van der Waals surface area contributed by atoms with Gasteiger partial charge in [-0.2, -0.15) is 0 Å². The molecule has 0 aliphatic rings. The van der Waals surface area contributed by atoms with Crippen molar-refractivity contribution in [3.8, 4) is 11.5 Å². The van der Waals surface area contributed by atoms with Crippen molar-refractivity contribution in [2.75, 3.05) is 0 Å². The summed E-state index contributed by atoms with van der Waals surface area (Å²) in [6, 6.07) is 21.8.